The standard InChI is InChI=1S/C12H14N2O3/c1-7-6-8-9(17-7)10(13-14(8)2)12(11(15)16)4-3-5-12/h6H,3-5H2,1-2H3,(H,15,16). The van der Waals surface area contributed by atoms with Gasteiger partial charge >= 0.3 is 5.97 Å². The average Bonchev–Trinajstić information content (AvgIpc) is 2.66. The summed E-state index contributed by atoms with van der Waals surface area (Å²) in [6.07, 6.45) is 2.23. The maximum atomic E-state index is 11.5. The van der Waals surface area contributed by atoms with Gasteiger partial charge < -0.3 is 9.52 Å². The molecule has 0 unspecified atom stereocenters. The number of carboxylic acid groups (broad SMARTS) is 1. The first-order valence-electron chi connectivity index (χ1n) is 5.71. The van der Waals surface area contributed by atoms with Gasteiger partial charge in [0.1, 0.15) is 22.4 Å². The van der Waals surface area contributed by atoms with Crippen molar-refractivity contribution < 1.29 is 14.3 Å². The minimum Gasteiger partial charge on any atom is -0.481 e. The molecule has 0 aliphatic heterocycles. The SMILES string of the molecule is Cc1cc2c(o1)c(C1(C(=O)O)CCC1)nn2C. The lowest BCUT2D eigenvalue weighted by Crippen LogP contribution is -2.42. The van der Waals surface area contributed by atoms with Crippen LogP contribution in [0.15, 0.2) is 10.5 Å². The number of furan rings is 1. The summed E-state index contributed by atoms with van der Waals surface area (Å²) in [7, 11) is 1.81. The smallest absolute Gasteiger partial charge is 0.315 e. The third-order valence-electron chi connectivity index (χ3n) is 3.72. The summed E-state index contributed by atoms with van der Waals surface area (Å²) >= 11 is 0. The Kier molecular flexibility index (Phi) is 1.91. The van der Waals surface area contributed by atoms with Gasteiger partial charge in [0.25, 0.3) is 0 Å². The topological polar surface area (TPSA) is 68.3 Å². The van der Waals surface area contributed by atoms with Crippen molar-refractivity contribution in [3.8, 4) is 0 Å². The van der Waals surface area contributed by atoms with Crippen molar-refractivity contribution in [2.24, 2.45) is 7.05 Å². The van der Waals surface area contributed by atoms with Crippen molar-refractivity contribution in [2.75, 3.05) is 0 Å². The third-order valence-corrected chi connectivity index (χ3v) is 3.72. The predicted octanol–water partition coefficient (Wildman–Crippen LogP) is 1.98. The second-order valence-corrected chi connectivity index (χ2v) is 4.78. The van der Waals surface area contributed by atoms with E-state index in [1.165, 1.54) is 0 Å². The summed E-state index contributed by atoms with van der Waals surface area (Å²) in [5, 5.41) is 13.8. The van der Waals surface area contributed by atoms with Gasteiger partial charge in [-0.2, -0.15) is 5.10 Å². The van der Waals surface area contributed by atoms with Crippen LogP contribution in [-0.2, 0) is 17.3 Å². The molecule has 2 heterocycles. The molecule has 0 amide bonds. The zero-order chi connectivity index (χ0) is 12.2. The molecule has 90 valence electrons. The van der Waals surface area contributed by atoms with E-state index in [1.807, 2.05) is 20.0 Å². The molecule has 1 fully saturated rings. The van der Waals surface area contributed by atoms with Crippen LogP contribution in [0.5, 0.6) is 0 Å². The number of rotatable bonds is 2. The van der Waals surface area contributed by atoms with Crippen LogP contribution in [-0.4, -0.2) is 20.9 Å². The van der Waals surface area contributed by atoms with Gasteiger partial charge in [0.05, 0.1) is 0 Å². The molecule has 1 saturated carbocycles. The molecule has 5 nitrogen and oxygen atoms in total. The molecule has 2 aromatic heterocycles. The van der Waals surface area contributed by atoms with Crippen LogP contribution in [0.25, 0.3) is 11.1 Å². The van der Waals surface area contributed by atoms with Crippen LogP contribution < -0.4 is 0 Å². The van der Waals surface area contributed by atoms with E-state index in [-0.39, 0.29) is 0 Å². The first-order chi connectivity index (χ1) is 8.04. The van der Waals surface area contributed by atoms with E-state index in [0.717, 1.165) is 17.7 Å². The van der Waals surface area contributed by atoms with Gasteiger partial charge in [0.2, 0.25) is 0 Å². The second kappa shape index (κ2) is 3.12. The summed E-state index contributed by atoms with van der Waals surface area (Å²) < 4.78 is 7.30. The molecule has 3 rings (SSSR count). The van der Waals surface area contributed by atoms with Gasteiger partial charge in [0, 0.05) is 13.1 Å². The fraction of sp³-hybridized carbons (Fsp3) is 0.500. The van der Waals surface area contributed by atoms with Crippen molar-refractivity contribution >= 4 is 17.1 Å². The summed E-state index contributed by atoms with van der Waals surface area (Å²) in [6.45, 7) is 1.86. The van der Waals surface area contributed by atoms with Crippen LogP contribution >= 0.6 is 0 Å². The highest BCUT2D eigenvalue weighted by atomic mass is 16.4. The highest BCUT2D eigenvalue weighted by Crippen LogP contribution is 2.46. The molecular formula is C12H14N2O3. The quantitative estimate of drug-likeness (QED) is 0.862. The fourth-order valence-corrected chi connectivity index (χ4v) is 2.56. The molecular weight excluding hydrogens is 220 g/mol. The Morgan fingerprint density at radius 1 is 1.59 bits per heavy atom. The number of aryl methyl sites for hydroxylation is 2. The lowest BCUT2D eigenvalue weighted by Gasteiger charge is -2.35. The fourth-order valence-electron chi connectivity index (χ4n) is 2.56. The largest absolute Gasteiger partial charge is 0.481 e. The van der Waals surface area contributed by atoms with Gasteiger partial charge in [-0.1, -0.05) is 6.42 Å². The van der Waals surface area contributed by atoms with Crippen LogP contribution in [0.1, 0.15) is 30.7 Å². The van der Waals surface area contributed by atoms with E-state index < -0.39 is 11.4 Å². The van der Waals surface area contributed by atoms with Crippen molar-refractivity contribution in [1.29, 1.82) is 0 Å². The highest BCUT2D eigenvalue weighted by Gasteiger charge is 2.50. The van der Waals surface area contributed by atoms with Crippen molar-refractivity contribution in [2.45, 2.75) is 31.6 Å². The lowest BCUT2D eigenvalue weighted by atomic mass is 9.66. The minimum absolute atomic E-state index is 0.585. The van der Waals surface area contributed by atoms with Crippen molar-refractivity contribution in [3.05, 3.63) is 17.5 Å². The van der Waals surface area contributed by atoms with Gasteiger partial charge in [-0.15, -0.1) is 0 Å². The molecule has 0 saturated heterocycles. The minimum atomic E-state index is -0.830. The van der Waals surface area contributed by atoms with Gasteiger partial charge in [-0.05, 0) is 19.8 Å². The van der Waals surface area contributed by atoms with Crippen LogP contribution in [0.3, 0.4) is 0 Å². The number of carbonyl (C=O) groups is 1. The Hall–Kier alpha value is -1.78. The number of carboxylic acids is 1. The van der Waals surface area contributed by atoms with E-state index in [2.05, 4.69) is 5.10 Å². The maximum Gasteiger partial charge on any atom is 0.315 e. The number of aliphatic carboxylic acids is 1. The van der Waals surface area contributed by atoms with E-state index in [0.29, 0.717) is 24.1 Å². The Morgan fingerprint density at radius 3 is 2.82 bits per heavy atom. The zero-order valence-electron chi connectivity index (χ0n) is 9.86. The zero-order valence-corrected chi connectivity index (χ0v) is 9.86. The number of fused-ring (bicyclic) bond motifs is 1. The number of aromatic nitrogens is 2. The Morgan fingerprint density at radius 2 is 2.29 bits per heavy atom. The Balaban J connectivity index is 2.26. The molecule has 0 atom stereocenters. The summed E-state index contributed by atoms with van der Waals surface area (Å²) in [5.41, 5.74) is 1.25. The van der Waals surface area contributed by atoms with Crippen molar-refractivity contribution in [3.63, 3.8) is 0 Å². The van der Waals surface area contributed by atoms with Gasteiger partial charge in [-0.3, -0.25) is 9.48 Å². The summed E-state index contributed by atoms with van der Waals surface area (Å²) in [5.74, 6) is -0.00749. The molecule has 1 N–H and O–H groups in total. The molecule has 0 aromatic carbocycles. The first kappa shape index (κ1) is 10.4. The molecule has 0 spiro atoms. The average molecular weight is 234 g/mol. The number of hydrogen-bond donors (Lipinski definition) is 1. The highest BCUT2D eigenvalue weighted by molar-refractivity contribution is 5.89. The second-order valence-electron chi connectivity index (χ2n) is 4.78. The monoisotopic (exact) mass is 234 g/mol. The van der Waals surface area contributed by atoms with E-state index in [1.54, 1.807) is 4.68 Å². The summed E-state index contributed by atoms with van der Waals surface area (Å²) in [6, 6.07) is 1.89. The molecule has 5 heteroatoms. The molecule has 2 aromatic rings. The molecule has 0 radical (unpaired) electrons. The van der Waals surface area contributed by atoms with E-state index in [4.69, 9.17) is 4.42 Å². The lowest BCUT2D eigenvalue weighted by molar-refractivity contribution is -0.147. The number of nitrogens with zero attached hydrogens (tertiary/aromatic N) is 2. The van der Waals surface area contributed by atoms with Crippen LogP contribution in [0.2, 0.25) is 0 Å². The van der Waals surface area contributed by atoms with Gasteiger partial charge in [0.15, 0.2) is 5.58 Å². The Bertz CT molecular complexity index is 605. The maximum absolute atomic E-state index is 11.5. The normalized spacial score (nSPS) is 18.2. The van der Waals surface area contributed by atoms with Gasteiger partial charge in [-0.25, -0.2) is 0 Å². The van der Waals surface area contributed by atoms with E-state index >= 15 is 0 Å². The Labute approximate surface area is 98.0 Å². The number of hydrogen-bond acceptors (Lipinski definition) is 3. The third kappa shape index (κ3) is 1.19. The van der Waals surface area contributed by atoms with E-state index in [9.17, 15) is 9.90 Å². The summed E-state index contributed by atoms with van der Waals surface area (Å²) in [4.78, 5) is 11.5. The first-order valence-corrected chi connectivity index (χ1v) is 5.71. The van der Waals surface area contributed by atoms with Crippen LogP contribution in [0, 0.1) is 6.92 Å². The predicted molar refractivity (Wildman–Crippen MR) is 60.9 cm³/mol. The molecule has 1 aliphatic rings. The van der Waals surface area contributed by atoms with Crippen molar-refractivity contribution in [1.82, 2.24) is 9.78 Å². The van der Waals surface area contributed by atoms with Crippen LogP contribution in [0.4, 0.5) is 0 Å². The molecule has 1 aliphatic carbocycles. The molecule has 17 heavy (non-hydrogen) atoms. The molecule has 0 bridgehead atoms.